The second-order valence-corrected chi connectivity index (χ2v) is 6.82. The Labute approximate surface area is 115 Å². The number of carbonyl (C=O) groups excluding carboxylic acids is 1. The molecule has 2 aromatic rings. The Morgan fingerprint density at radius 3 is 2.61 bits per heavy atom. The standard InChI is InChI=1S/C14H16BrNO2/c1-8-12(13(17)14(2,3)15)10-7-9(18-4)5-6-11(10)16-8/h5-7,16H,1-4H3. The minimum Gasteiger partial charge on any atom is -0.497 e. The molecule has 0 aliphatic carbocycles. The van der Waals surface area contributed by atoms with Crippen molar-refractivity contribution in [3.8, 4) is 5.75 Å². The van der Waals surface area contributed by atoms with Crippen molar-refractivity contribution in [3.05, 3.63) is 29.5 Å². The third-order valence-electron chi connectivity index (χ3n) is 2.96. The lowest BCUT2D eigenvalue weighted by molar-refractivity contribution is 0.0962. The van der Waals surface area contributed by atoms with E-state index in [4.69, 9.17) is 4.74 Å². The summed E-state index contributed by atoms with van der Waals surface area (Å²) in [4.78, 5) is 15.7. The van der Waals surface area contributed by atoms with Crippen LogP contribution in [0.4, 0.5) is 0 Å². The monoisotopic (exact) mass is 309 g/mol. The molecule has 1 heterocycles. The van der Waals surface area contributed by atoms with E-state index < -0.39 is 4.32 Å². The van der Waals surface area contributed by atoms with E-state index in [1.807, 2.05) is 39.0 Å². The van der Waals surface area contributed by atoms with E-state index in [1.165, 1.54) is 0 Å². The van der Waals surface area contributed by atoms with Gasteiger partial charge in [-0.1, -0.05) is 15.9 Å². The smallest absolute Gasteiger partial charge is 0.181 e. The average molecular weight is 310 g/mol. The first-order chi connectivity index (χ1) is 8.34. The third-order valence-corrected chi connectivity index (χ3v) is 3.32. The minimum atomic E-state index is -0.573. The Bertz CT molecular complexity index is 608. The summed E-state index contributed by atoms with van der Waals surface area (Å²) in [6, 6.07) is 5.70. The van der Waals surface area contributed by atoms with E-state index in [2.05, 4.69) is 20.9 Å². The molecular weight excluding hydrogens is 294 g/mol. The summed E-state index contributed by atoms with van der Waals surface area (Å²) in [5.74, 6) is 0.822. The van der Waals surface area contributed by atoms with Gasteiger partial charge in [0.05, 0.1) is 11.4 Å². The average Bonchev–Trinajstić information content (AvgIpc) is 2.61. The van der Waals surface area contributed by atoms with Crippen LogP contribution >= 0.6 is 15.9 Å². The van der Waals surface area contributed by atoms with Crippen LogP contribution in [0, 0.1) is 6.92 Å². The maximum Gasteiger partial charge on any atom is 0.181 e. The van der Waals surface area contributed by atoms with Crippen LogP contribution in [0.2, 0.25) is 0 Å². The molecule has 0 aliphatic rings. The van der Waals surface area contributed by atoms with Gasteiger partial charge >= 0.3 is 0 Å². The number of alkyl halides is 1. The molecule has 1 N–H and O–H groups in total. The number of aromatic nitrogens is 1. The van der Waals surface area contributed by atoms with E-state index in [-0.39, 0.29) is 5.78 Å². The van der Waals surface area contributed by atoms with Crippen molar-refractivity contribution in [2.45, 2.75) is 25.1 Å². The number of aryl methyl sites for hydroxylation is 1. The highest BCUT2D eigenvalue weighted by Gasteiger charge is 2.29. The fourth-order valence-corrected chi connectivity index (χ4v) is 2.22. The number of aromatic amines is 1. The molecule has 0 radical (unpaired) electrons. The predicted octanol–water partition coefficient (Wildman–Crippen LogP) is 3.84. The third kappa shape index (κ3) is 2.17. The van der Waals surface area contributed by atoms with Crippen molar-refractivity contribution in [1.82, 2.24) is 4.98 Å². The van der Waals surface area contributed by atoms with E-state index >= 15 is 0 Å². The predicted molar refractivity (Wildman–Crippen MR) is 76.9 cm³/mol. The first kappa shape index (κ1) is 13.1. The number of fused-ring (bicyclic) bond motifs is 1. The van der Waals surface area contributed by atoms with Crippen LogP contribution in [-0.2, 0) is 0 Å². The number of carbonyl (C=O) groups is 1. The summed E-state index contributed by atoms with van der Waals surface area (Å²) in [6.45, 7) is 5.63. The van der Waals surface area contributed by atoms with Crippen LogP contribution in [0.1, 0.15) is 29.9 Å². The van der Waals surface area contributed by atoms with Gasteiger partial charge in [-0.15, -0.1) is 0 Å². The van der Waals surface area contributed by atoms with Gasteiger partial charge in [0.1, 0.15) is 5.75 Å². The van der Waals surface area contributed by atoms with Gasteiger partial charge in [-0.25, -0.2) is 0 Å². The first-order valence-electron chi connectivity index (χ1n) is 5.74. The van der Waals surface area contributed by atoms with Crippen molar-refractivity contribution in [1.29, 1.82) is 0 Å². The maximum absolute atomic E-state index is 12.5. The van der Waals surface area contributed by atoms with Crippen LogP contribution in [0.5, 0.6) is 5.75 Å². The number of hydrogen-bond acceptors (Lipinski definition) is 2. The van der Waals surface area contributed by atoms with Gasteiger partial charge in [-0.2, -0.15) is 0 Å². The summed E-state index contributed by atoms with van der Waals surface area (Å²) in [6.07, 6.45) is 0. The highest BCUT2D eigenvalue weighted by molar-refractivity contribution is 9.10. The largest absolute Gasteiger partial charge is 0.497 e. The van der Waals surface area contributed by atoms with Crippen molar-refractivity contribution in [2.24, 2.45) is 0 Å². The summed E-state index contributed by atoms with van der Waals surface area (Å²) in [5, 5.41) is 0.907. The number of nitrogens with one attached hydrogen (secondary N) is 1. The molecule has 2 rings (SSSR count). The number of ketones is 1. The van der Waals surface area contributed by atoms with Crippen LogP contribution in [-0.4, -0.2) is 22.2 Å². The van der Waals surface area contributed by atoms with E-state index in [0.717, 1.165) is 27.9 Å². The molecule has 0 saturated heterocycles. The summed E-state index contributed by atoms with van der Waals surface area (Å²) >= 11 is 3.43. The Morgan fingerprint density at radius 2 is 2.06 bits per heavy atom. The normalized spacial score (nSPS) is 11.8. The number of rotatable bonds is 3. The number of ether oxygens (including phenoxy) is 1. The first-order valence-corrected chi connectivity index (χ1v) is 6.54. The fourth-order valence-electron chi connectivity index (χ4n) is 2.02. The summed E-state index contributed by atoms with van der Waals surface area (Å²) in [5.41, 5.74) is 2.56. The molecular formula is C14H16BrNO2. The van der Waals surface area contributed by atoms with Gasteiger partial charge in [0.2, 0.25) is 0 Å². The van der Waals surface area contributed by atoms with E-state index in [1.54, 1.807) is 7.11 Å². The lowest BCUT2D eigenvalue weighted by atomic mass is 9.98. The molecule has 0 fully saturated rings. The molecule has 0 atom stereocenters. The fraction of sp³-hybridized carbons (Fsp3) is 0.357. The maximum atomic E-state index is 12.5. The van der Waals surface area contributed by atoms with Crippen molar-refractivity contribution < 1.29 is 9.53 Å². The van der Waals surface area contributed by atoms with Gasteiger partial charge in [0, 0.05) is 22.2 Å². The number of H-pyrrole nitrogens is 1. The van der Waals surface area contributed by atoms with Gasteiger partial charge in [-0.3, -0.25) is 4.79 Å². The lowest BCUT2D eigenvalue weighted by Crippen LogP contribution is -2.24. The number of hydrogen-bond donors (Lipinski definition) is 1. The Morgan fingerprint density at radius 1 is 1.39 bits per heavy atom. The number of benzene rings is 1. The van der Waals surface area contributed by atoms with Gasteiger partial charge in [0.25, 0.3) is 0 Å². The van der Waals surface area contributed by atoms with Crippen LogP contribution in [0.15, 0.2) is 18.2 Å². The molecule has 0 bridgehead atoms. The zero-order valence-corrected chi connectivity index (χ0v) is 12.5. The van der Waals surface area contributed by atoms with Crippen molar-refractivity contribution in [3.63, 3.8) is 0 Å². The molecule has 1 aromatic carbocycles. The zero-order valence-electron chi connectivity index (χ0n) is 10.9. The molecule has 0 saturated carbocycles. The van der Waals surface area contributed by atoms with Gasteiger partial charge in [-0.05, 0) is 39.0 Å². The molecule has 0 spiro atoms. The molecule has 3 nitrogen and oxygen atoms in total. The molecule has 1 aromatic heterocycles. The topological polar surface area (TPSA) is 42.1 Å². The number of halogens is 1. The van der Waals surface area contributed by atoms with Gasteiger partial charge < -0.3 is 9.72 Å². The van der Waals surface area contributed by atoms with Gasteiger partial charge in [0.15, 0.2) is 5.78 Å². The molecule has 18 heavy (non-hydrogen) atoms. The van der Waals surface area contributed by atoms with Crippen LogP contribution in [0.3, 0.4) is 0 Å². The molecule has 0 aliphatic heterocycles. The van der Waals surface area contributed by atoms with Crippen molar-refractivity contribution >= 4 is 32.6 Å². The summed E-state index contributed by atoms with van der Waals surface area (Å²) in [7, 11) is 1.62. The SMILES string of the molecule is COc1ccc2[nH]c(C)c(C(=O)C(C)(C)Br)c2c1. The molecule has 0 unspecified atom stereocenters. The van der Waals surface area contributed by atoms with E-state index in [0.29, 0.717) is 0 Å². The molecule has 96 valence electrons. The quantitative estimate of drug-likeness (QED) is 0.691. The van der Waals surface area contributed by atoms with Crippen LogP contribution in [0.25, 0.3) is 10.9 Å². The highest BCUT2D eigenvalue weighted by Crippen LogP contribution is 2.31. The molecule has 0 amide bonds. The number of methoxy groups -OCH3 is 1. The Hall–Kier alpha value is -1.29. The van der Waals surface area contributed by atoms with Crippen molar-refractivity contribution in [2.75, 3.05) is 7.11 Å². The lowest BCUT2D eigenvalue weighted by Gasteiger charge is -2.14. The van der Waals surface area contributed by atoms with Crippen LogP contribution < -0.4 is 4.74 Å². The minimum absolute atomic E-state index is 0.0690. The Balaban J connectivity index is 2.69. The zero-order chi connectivity index (χ0) is 13.5. The molecule has 4 heteroatoms. The second-order valence-electron chi connectivity index (χ2n) is 4.84. The second kappa shape index (κ2) is 4.43. The number of Topliss-reactive ketones (excluding diaryl/α,β-unsaturated/α-hetero) is 1. The summed E-state index contributed by atoms with van der Waals surface area (Å²) < 4.78 is 4.64. The highest BCUT2D eigenvalue weighted by atomic mass is 79.9. The van der Waals surface area contributed by atoms with E-state index in [9.17, 15) is 4.79 Å². The Kier molecular flexibility index (Phi) is 3.23.